The molecule has 1 fully saturated rings. The van der Waals surface area contributed by atoms with Crippen LogP contribution in [0.15, 0.2) is 36.4 Å². The number of likely N-dealkylation sites (N-methyl/N-ethyl adjacent to an activating group) is 1. The third-order valence-corrected chi connectivity index (χ3v) is 6.99. The van der Waals surface area contributed by atoms with Gasteiger partial charge in [0.05, 0.1) is 0 Å². The second-order valence-corrected chi connectivity index (χ2v) is 9.51. The van der Waals surface area contributed by atoms with E-state index in [0.717, 1.165) is 23.3 Å². The van der Waals surface area contributed by atoms with Crippen LogP contribution in [0, 0.1) is 6.92 Å². The molecular formula is C26H28BN3O9. The number of phenols is 1. The van der Waals surface area contributed by atoms with E-state index in [-0.39, 0.29) is 25.1 Å². The third kappa shape index (κ3) is 5.58. The number of benzene rings is 2. The van der Waals surface area contributed by atoms with E-state index in [0.29, 0.717) is 23.6 Å². The van der Waals surface area contributed by atoms with Crippen LogP contribution in [0.5, 0.6) is 11.5 Å². The number of imide groups is 1. The van der Waals surface area contributed by atoms with Crippen molar-refractivity contribution in [2.45, 2.75) is 38.5 Å². The zero-order chi connectivity index (χ0) is 28.4. The number of para-hydroxylation sites is 1. The zero-order valence-corrected chi connectivity index (χ0v) is 21.4. The Hall–Kier alpha value is -4.39. The summed E-state index contributed by atoms with van der Waals surface area (Å²) in [5.41, 5.74) is 1.29. The molecule has 0 saturated carbocycles. The van der Waals surface area contributed by atoms with Gasteiger partial charge in [-0.25, -0.2) is 9.59 Å². The number of aromatic hydroxyl groups is 1. The number of hydrogen-bond acceptors (Lipinski definition) is 8. The molecule has 2 atom stereocenters. The molecule has 39 heavy (non-hydrogen) atoms. The predicted octanol–water partition coefficient (Wildman–Crippen LogP) is 1.29. The quantitative estimate of drug-likeness (QED) is 0.300. The fraction of sp³-hybridized carbons (Fsp3) is 0.346. The zero-order valence-electron chi connectivity index (χ0n) is 21.4. The molecule has 0 bridgehead atoms. The maximum Gasteiger partial charge on any atom is 0.526 e. The largest absolute Gasteiger partial charge is 0.536 e. The molecule has 4 amide bonds. The van der Waals surface area contributed by atoms with Gasteiger partial charge in [0.15, 0.2) is 5.78 Å². The summed E-state index contributed by atoms with van der Waals surface area (Å²) in [5.74, 6) is -4.61. The number of carboxylic acid groups (broad SMARTS) is 1. The van der Waals surface area contributed by atoms with Crippen LogP contribution < -0.4 is 9.97 Å². The van der Waals surface area contributed by atoms with Gasteiger partial charge in [-0.2, -0.15) is 0 Å². The molecule has 2 aliphatic heterocycles. The first-order chi connectivity index (χ1) is 18.5. The third-order valence-electron chi connectivity index (χ3n) is 6.99. The Labute approximate surface area is 224 Å². The van der Waals surface area contributed by atoms with Gasteiger partial charge >= 0.3 is 30.9 Å². The van der Waals surface area contributed by atoms with Crippen LogP contribution in [0.3, 0.4) is 0 Å². The second-order valence-electron chi connectivity index (χ2n) is 9.51. The predicted molar refractivity (Wildman–Crippen MR) is 137 cm³/mol. The van der Waals surface area contributed by atoms with Crippen molar-refractivity contribution in [2.75, 3.05) is 19.6 Å². The minimum absolute atomic E-state index is 0.0595. The number of aromatic carboxylic acids is 1. The van der Waals surface area contributed by atoms with Crippen LogP contribution in [-0.4, -0.2) is 81.4 Å². The number of piperazine rings is 1. The number of aryl methyl sites for hydroxylation is 1. The van der Waals surface area contributed by atoms with Crippen molar-refractivity contribution in [1.82, 2.24) is 15.1 Å². The van der Waals surface area contributed by atoms with Crippen LogP contribution in [0.2, 0.25) is 5.82 Å². The summed E-state index contributed by atoms with van der Waals surface area (Å²) >= 11 is 0. The van der Waals surface area contributed by atoms with E-state index in [1.165, 1.54) is 11.0 Å². The number of carboxylic acids is 1. The van der Waals surface area contributed by atoms with Gasteiger partial charge in [0.1, 0.15) is 23.1 Å². The van der Waals surface area contributed by atoms with Crippen molar-refractivity contribution in [3.8, 4) is 11.5 Å². The summed E-state index contributed by atoms with van der Waals surface area (Å²) in [6, 6.07) is 6.47. The molecule has 0 aromatic heterocycles. The first kappa shape index (κ1) is 27.6. The van der Waals surface area contributed by atoms with Crippen LogP contribution in [-0.2, 0) is 20.8 Å². The smallest absolute Gasteiger partial charge is 0.526 e. The lowest BCUT2D eigenvalue weighted by Crippen LogP contribution is -2.58. The topological polar surface area (TPSA) is 174 Å². The van der Waals surface area contributed by atoms with Gasteiger partial charge in [-0.1, -0.05) is 24.3 Å². The van der Waals surface area contributed by atoms with Crippen molar-refractivity contribution >= 4 is 36.7 Å². The van der Waals surface area contributed by atoms with Gasteiger partial charge in [-0.05, 0) is 49.1 Å². The summed E-state index contributed by atoms with van der Waals surface area (Å²) in [4.78, 5) is 64.8. The lowest BCUT2D eigenvalue weighted by Gasteiger charge is -2.33. The normalized spacial score (nSPS) is 17.8. The number of amides is 4. The molecule has 13 heteroatoms. The van der Waals surface area contributed by atoms with Crippen molar-refractivity contribution in [3.63, 3.8) is 0 Å². The summed E-state index contributed by atoms with van der Waals surface area (Å²) in [5, 5.41) is 32.5. The summed E-state index contributed by atoms with van der Waals surface area (Å²) in [6.07, 6.45) is 0.0666. The number of nitrogens with one attached hydrogen (secondary N) is 1. The lowest BCUT2D eigenvalue weighted by atomic mass is 9.64. The van der Waals surface area contributed by atoms with Crippen LogP contribution >= 0.6 is 0 Å². The number of rotatable bonds is 7. The Morgan fingerprint density at radius 2 is 1.90 bits per heavy atom. The fourth-order valence-corrected chi connectivity index (χ4v) is 4.82. The van der Waals surface area contributed by atoms with E-state index in [9.17, 15) is 39.2 Å². The Bertz CT molecular complexity index is 1350. The van der Waals surface area contributed by atoms with E-state index in [2.05, 4.69) is 5.32 Å². The van der Waals surface area contributed by atoms with Crippen LogP contribution in [0.4, 0.5) is 4.79 Å². The average Bonchev–Trinajstić information content (AvgIpc) is 2.89. The van der Waals surface area contributed by atoms with E-state index < -0.39 is 59.9 Å². The SMILES string of the molecule is CCN1CCN(C(=O)NC(C(=O)C[C@H]2Cc3cccc(C)c3OB2O)c2ccc(C(=O)O)c(O)c2)C(=O)C1=O. The van der Waals surface area contributed by atoms with Crippen LogP contribution in [0.25, 0.3) is 0 Å². The average molecular weight is 537 g/mol. The molecule has 2 aromatic rings. The minimum atomic E-state index is -1.43. The van der Waals surface area contributed by atoms with E-state index >= 15 is 0 Å². The number of hydrogen-bond donors (Lipinski definition) is 4. The van der Waals surface area contributed by atoms with Gasteiger partial charge in [0, 0.05) is 31.9 Å². The molecule has 2 aliphatic rings. The number of Topliss-reactive ketones (excluding diaryl/α,β-unsaturated/α-hetero) is 1. The summed E-state index contributed by atoms with van der Waals surface area (Å²) < 4.78 is 5.66. The maximum absolute atomic E-state index is 13.6. The molecule has 0 spiro atoms. The second kappa shape index (κ2) is 11.2. The van der Waals surface area contributed by atoms with Crippen molar-refractivity contribution in [2.24, 2.45) is 0 Å². The molecule has 1 saturated heterocycles. The van der Waals surface area contributed by atoms with Crippen molar-refractivity contribution in [1.29, 1.82) is 0 Å². The first-order valence-corrected chi connectivity index (χ1v) is 12.4. The number of fused-ring (bicyclic) bond motifs is 1. The maximum atomic E-state index is 13.6. The molecule has 12 nitrogen and oxygen atoms in total. The standard InChI is InChI=1S/C26H28BN3O9/c1-3-29-9-10-30(24(34)23(29)33)26(37)28-21(15-7-8-18(25(35)36)19(31)12-15)20(32)13-17-11-16-6-4-5-14(2)22(16)39-27(17)38/h4-8,12,17,21,31,38H,3,9-11,13H2,1-2H3,(H,28,37)(H,35,36)/t17-,21?/m1/s1. The first-order valence-electron chi connectivity index (χ1n) is 12.4. The van der Waals surface area contributed by atoms with Gasteiger partial charge in [-0.3, -0.25) is 19.3 Å². The van der Waals surface area contributed by atoms with E-state index in [4.69, 9.17) is 4.65 Å². The Kier molecular flexibility index (Phi) is 7.91. The molecular weight excluding hydrogens is 509 g/mol. The lowest BCUT2D eigenvalue weighted by molar-refractivity contribution is -0.153. The molecule has 0 aliphatic carbocycles. The molecule has 4 rings (SSSR count). The van der Waals surface area contributed by atoms with Crippen LogP contribution in [0.1, 0.15) is 46.4 Å². The highest BCUT2D eigenvalue weighted by atomic mass is 16.5. The number of ketones is 1. The monoisotopic (exact) mass is 537 g/mol. The van der Waals surface area contributed by atoms with E-state index in [1.807, 2.05) is 25.1 Å². The van der Waals surface area contributed by atoms with Gasteiger partial charge in [0.25, 0.3) is 0 Å². The Morgan fingerprint density at radius 1 is 1.15 bits per heavy atom. The van der Waals surface area contributed by atoms with Gasteiger partial charge in [0.2, 0.25) is 0 Å². The number of nitrogens with zero attached hydrogens (tertiary/aromatic N) is 2. The van der Waals surface area contributed by atoms with E-state index in [1.54, 1.807) is 6.92 Å². The highest BCUT2D eigenvalue weighted by Crippen LogP contribution is 2.37. The minimum Gasteiger partial charge on any atom is -0.536 e. The molecule has 2 aromatic carbocycles. The van der Waals surface area contributed by atoms with Gasteiger partial charge < -0.3 is 30.1 Å². The number of carbonyl (C=O) groups is 5. The van der Waals surface area contributed by atoms with Crippen molar-refractivity contribution in [3.05, 3.63) is 58.7 Å². The van der Waals surface area contributed by atoms with Gasteiger partial charge in [-0.15, -0.1) is 0 Å². The molecule has 2 heterocycles. The summed E-state index contributed by atoms with van der Waals surface area (Å²) in [7, 11) is -1.30. The molecule has 4 N–H and O–H groups in total. The number of urea groups is 1. The molecule has 204 valence electrons. The summed E-state index contributed by atoms with van der Waals surface area (Å²) in [6.45, 7) is 3.88. The highest BCUT2D eigenvalue weighted by Gasteiger charge is 2.40. The molecule has 0 radical (unpaired) electrons. The van der Waals surface area contributed by atoms with Crippen molar-refractivity contribution < 1.29 is 43.9 Å². The fourth-order valence-electron chi connectivity index (χ4n) is 4.82. The Balaban J connectivity index is 1.60. The highest BCUT2D eigenvalue weighted by molar-refractivity contribution is 6.46. The number of carbonyl (C=O) groups excluding carboxylic acids is 4. The Morgan fingerprint density at radius 3 is 2.56 bits per heavy atom. The molecule has 1 unspecified atom stereocenters.